The summed E-state index contributed by atoms with van der Waals surface area (Å²) in [5, 5.41) is 9.27. The Morgan fingerprint density at radius 2 is 2.14 bits per heavy atom. The van der Waals surface area contributed by atoms with Crippen LogP contribution in [0.5, 0.6) is 0 Å². The van der Waals surface area contributed by atoms with Crippen LogP contribution in [0.3, 0.4) is 0 Å². The highest BCUT2D eigenvalue weighted by atomic mass is 31.2. The zero-order chi connectivity index (χ0) is 15.9. The van der Waals surface area contributed by atoms with Crippen LogP contribution in [0.15, 0.2) is 12.1 Å². The summed E-state index contributed by atoms with van der Waals surface area (Å²) in [4.78, 5) is 15.3. The monoisotopic (exact) mass is 315 g/mol. The number of pyridine rings is 1. The van der Waals surface area contributed by atoms with Crippen LogP contribution in [0.2, 0.25) is 0 Å². The summed E-state index contributed by atoms with van der Waals surface area (Å²) in [6.07, 6.45) is 1.55. The first kappa shape index (κ1) is 17.8. The Labute approximate surface area is 124 Å². The van der Waals surface area contributed by atoms with Gasteiger partial charge in [0.05, 0.1) is 26.0 Å². The number of aliphatic hydroxyl groups is 1. The molecule has 0 aliphatic rings. The van der Waals surface area contributed by atoms with Gasteiger partial charge in [0.2, 0.25) is 7.37 Å². The fourth-order valence-corrected chi connectivity index (χ4v) is 3.25. The number of esters is 1. The zero-order valence-corrected chi connectivity index (χ0v) is 13.6. The lowest BCUT2D eigenvalue weighted by molar-refractivity contribution is -0.140. The van der Waals surface area contributed by atoms with Gasteiger partial charge in [0.25, 0.3) is 0 Å². The van der Waals surface area contributed by atoms with E-state index in [1.807, 2.05) is 0 Å². The van der Waals surface area contributed by atoms with E-state index in [0.29, 0.717) is 37.0 Å². The fraction of sp³-hybridized carbons (Fsp3) is 0.571. The van der Waals surface area contributed by atoms with Gasteiger partial charge in [-0.25, -0.2) is 4.98 Å². The standard InChI is InChI=1S/C14H22NO5P/c1-4-20-21(3,18)13-9-11(8-12(10-16)15-13)6-5-7-14(17)19-2/h8-9,16H,4-7,10H2,1-3H3. The van der Waals surface area contributed by atoms with Crippen LogP contribution in [0.1, 0.15) is 31.0 Å². The van der Waals surface area contributed by atoms with Crippen LogP contribution in [0, 0.1) is 0 Å². The van der Waals surface area contributed by atoms with Crippen molar-refractivity contribution in [1.82, 2.24) is 4.98 Å². The van der Waals surface area contributed by atoms with Crippen LogP contribution in [-0.2, 0) is 31.6 Å². The van der Waals surface area contributed by atoms with E-state index in [0.717, 1.165) is 5.56 Å². The summed E-state index contributed by atoms with van der Waals surface area (Å²) in [6, 6.07) is 3.46. The van der Waals surface area contributed by atoms with Gasteiger partial charge in [0.15, 0.2) is 0 Å². The summed E-state index contributed by atoms with van der Waals surface area (Å²) < 4.78 is 22.3. The number of carbonyl (C=O) groups is 1. The molecule has 1 atom stereocenters. The Bertz CT molecular complexity index is 532. The maximum absolute atomic E-state index is 12.4. The number of aromatic nitrogens is 1. The number of nitrogens with zero attached hydrogens (tertiary/aromatic N) is 1. The number of methoxy groups -OCH3 is 1. The zero-order valence-electron chi connectivity index (χ0n) is 12.7. The van der Waals surface area contributed by atoms with Crippen molar-refractivity contribution < 1.29 is 23.7 Å². The van der Waals surface area contributed by atoms with Crippen molar-refractivity contribution in [2.45, 2.75) is 32.8 Å². The highest BCUT2D eigenvalue weighted by molar-refractivity contribution is 7.65. The second-order valence-electron chi connectivity index (χ2n) is 4.68. The van der Waals surface area contributed by atoms with Crippen molar-refractivity contribution in [2.75, 3.05) is 20.4 Å². The van der Waals surface area contributed by atoms with Gasteiger partial charge in [-0.05, 0) is 37.5 Å². The SMILES string of the molecule is CCOP(C)(=O)c1cc(CCCC(=O)OC)cc(CO)n1. The van der Waals surface area contributed by atoms with Crippen molar-refractivity contribution >= 4 is 18.8 Å². The van der Waals surface area contributed by atoms with Gasteiger partial charge in [-0.2, -0.15) is 0 Å². The van der Waals surface area contributed by atoms with Crippen LogP contribution in [-0.4, -0.2) is 36.4 Å². The maximum Gasteiger partial charge on any atom is 0.305 e. The third-order valence-corrected chi connectivity index (χ3v) is 4.76. The number of rotatable bonds is 8. The first-order chi connectivity index (χ1) is 9.92. The predicted molar refractivity (Wildman–Crippen MR) is 79.9 cm³/mol. The van der Waals surface area contributed by atoms with Gasteiger partial charge in [0, 0.05) is 13.1 Å². The lowest BCUT2D eigenvalue weighted by Gasteiger charge is -2.14. The smallest absolute Gasteiger partial charge is 0.305 e. The number of aryl methyl sites for hydroxylation is 1. The quantitative estimate of drug-likeness (QED) is 0.580. The molecule has 1 unspecified atom stereocenters. The van der Waals surface area contributed by atoms with Crippen LogP contribution >= 0.6 is 7.37 Å². The van der Waals surface area contributed by atoms with Crippen molar-refractivity contribution in [2.24, 2.45) is 0 Å². The first-order valence-corrected chi connectivity index (χ1v) is 8.90. The van der Waals surface area contributed by atoms with Gasteiger partial charge in [-0.3, -0.25) is 9.36 Å². The number of ether oxygens (including phenoxy) is 1. The summed E-state index contributed by atoms with van der Waals surface area (Å²) in [5.41, 5.74) is 1.67. The molecule has 118 valence electrons. The number of hydrogen-bond acceptors (Lipinski definition) is 6. The third-order valence-electron chi connectivity index (χ3n) is 2.95. The fourth-order valence-electron chi connectivity index (χ4n) is 1.92. The molecule has 0 saturated heterocycles. The third kappa shape index (κ3) is 5.58. The van der Waals surface area contributed by atoms with E-state index in [9.17, 15) is 14.5 Å². The largest absolute Gasteiger partial charge is 0.469 e. The average Bonchev–Trinajstić information content (AvgIpc) is 2.46. The minimum absolute atomic E-state index is 0.232. The highest BCUT2D eigenvalue weighted by Gasteiger charge is 2.21. The normalized spacial score (nSPS) is 13.7. The predicted octanol–water partition coefficient (Wildman–Crippen LogP) is 1.64. The van der Waals surface area contributed by atoms with Crippen molar-refractivity contribution in [3.8, 4) is 0 Å². The topological polar surface area (TPSA) is 85.7 Å². The maximum atomic E-state index is 12.4. The molecule has 1 aromatic heterocycles. The molecule has 0 saturated carbocycles. The molecule has 0 fully saturated rings. The molecule has 7 heteroatoms. The van der Waals surface area contributed by atoms with E-state index in [4.69, 9.17) is 4.52 Å². The highest BCUT2D eigenvalue weighted by Crippen LogP contribution is 2.40. The van der Waals surface area contributed by atoms with Crippen LogP contribution in [0.25, 0.3) is 0 Å². The summed E-state index contributed by atoms with van der Waals surface area (Å²) in [5.74, 6) is -0.262. The van der Waals surface area contributed by atoms with E-state index in [-0.39, 0.29) is 12.6 Å². The Kier molecular flexibility index (Phi) is 7.02. The molecule has 1 heterocycles. The van der Waals surface area contributed by atoms with Crippen molar-refractivity contribution in [3.05, 3.63) is 23.4 Å². The molecule has 6 nitrogen and oxygen atoms in total. The molecule has 1 aromatic rings. The Hall–Kier alpha value is -1.23. The summed E-state index contributed by atoms with van der Waals surface area (Å²) >= 11 is 0. The second kappa shape index (κ2) is 8.27. The molecule has 1 rings (SSSR count). The summed E-state index contributed by atoms with van der Waals surface area (Å²) in [7, 11) is -1.63. The molecule has 0 aromatic carbocycles. The summed E-state index contributed by atoms with van der Waals surface area (Å²) in [6.45, 7) is 3.38. The van der Waals surface area contributed by atoms with Gasteiger partial charge < -0.3 is 14.4 Å². The van der Waals surface area contributed by atoms with E-state index in [1.165, 1.54) is 13.8 Å². The molecule has 0 spiro atoms. The molecule has 1 N–H and O–H groups in total. The van der Waals surface area contributed by atoms with E-state index in [2.05, 4.69) is 9.72 Å². The van der Waals surface area contributed by atoms with E-state index >= 15 is 0 Å². The van der Waals surface area contributed by atoms with Crippen molar-refractivity contribution in [3.63, 3.8) is 0 Å². The van der Waals surface area contributed by atoms with Gasteiger partial charge in [-0.15, -0.1) is 0 Å². The molecule has 0 amide bonds. The Morgan fingerprint density at radius 3 is 2.71 bits per heavy atom. The molecule has 21 heavy (non-hydrogen) atoms. The average molecular weight is 315 g/mol. The molecule has 0 bridgehead atoms. The molecule has 0 aliphatic carbocycles. The minimum Gasteiger partial charge on any atom is -0.469 e. The van der Waals surface area contributed by atoms with Crippen LogP contribution in [0.4, 0.5) is 0 Å². The molecule has 0 radical (unpaired) electrons. The Morgan fingerprint density at radius 1 is 1.43 bits per heavy atom. The van der Waals surface area contributed by atoms with E-state index < -0.39 is 7.37 Å². The number of hydrogen-bond donors (Lipinski definition) is 1. The minimum atomic E-state index is -2.98. The van der Waals surface area contributed by atoms with Gasteiger partial charge >= 0.3 is 5.97 Å². The van der Waals surface area contributed by atoms with Crippen molar-refractivity contribution in [1.29, 1.82) is 0 Å². The Balaban J connectivity index is 2.90. The molecular formula is C14H22NO5P. The molecule has 0 aliphatic heterocycles. The first-order valence-electron chi connectivity index (χ1n) is 6.83. The van der Waals surface area contributed by atoms with Gasteiger partial charge in [-0.1, -0.05) is 0 Å². The second-order valence-corrected chi connectivity index (χ2v) is 7.08. The number of aliphatic hydroxyl groups excluding tert-OH is 1. The lowest BCUT2D eigenvalue weighted by atomic mass is 10.1. The lowest BCUT2D eigenvalue weighted by Crippen LogP contribution is -2.15. The van der Waals surface area contributed by atoms with E-state index in [1.54, 1.807) is 19.1 Å². The number of carbonyl (C=O) groups excluding carboxylic acids is 1. The molecular weight excluding hydrogens is 293 g/mol. The van der Waals surface area contributed by atoms with Gasteiger partial charge in [0.1, 0.15) is 5.44 Å². The van der Waals surface area contributed by atoms with Crippen LogP contribution < -0.4 is 5.44 Å².